The number of benzene rings is 1. The van der Waals surface area contributed by atoms with Crippen molar-refractivity contribution in [2.75, 3.05) is 13.2 Å². The van der Waals surface area contributed by atoms with Gasteiger partial charge in [-0.15, -0.1) is 0 Å². The monoisotopic (exact) mass is 300 g/mol. The first-order valence-electron chi connectivity index (χ1n) is 8.11. The Morgan fingerprint density at radius 1 is 1.36 bits per heavy atom. The third-order valence-corrected chi connectivity index (χ3v) is 4.44. The average Bonchev–Trinajstić information content (AvgIpc) is 2.93. The van der Waals surface area contributed by atoms with Crippen LogP contribution in [0.5, 0.6) is 0 Å². The molecule has 0 saturated carbocycles. The van der Waals surface area contributed by atoms with Crippen molar-refractivity contribution in [1.29, 1.82) is 0 Å². The molecule has 2 aromatic rings. The van der Waals surface area contributed by atoms with E-state index in [1.807, 2.05) is 17.9 Å². The van der Waals surface area contributed by atoms with Crippen LogP contribution in [0.3, 0.4) is 0 Å². The van der Waals surface area contributed by atoms with Gasteiger partial charge in [-0.1, -0.05) is 18.2 Å². The van der Waals surface area contributed by atoms with Crippen molar-refractivity contribution in [2.24, 2.45) is 0 Å². The second-order valence-corrected chi connectivity index (χ2v) is 6.25. The summed E-state index contributed by atoms with van der Waals surface area (Å²) in [5, 5.41) is 1.27. The van der Waals surface area contributed by atoms with Gasteiger partial charge in [0.1, 0.15) is 0 Å². The van der Waals surface area contributed by atoms with E-state index in [2.05, 4.69) is 36.3 Å². The van der Waals surface area contributed by atoms with Gasteiger partial charge in [0.05, 0.1) is 18.8 Å². The zero-order chi connectivity index (χ0) is 15.5. The molecule has 1 saturated heterocycles. The fourth-order valence-corrected chi connectivity index (χ4v) is 3.16. The minimum absolute atomic E-state index is 0.147. The van der Waals surface area contributed by atoms with E-state index in [4.69, 9.17) is 4.74 Å². The lowest BCUT2D eigenvalue weighted by Gasteiger charge is -2.36. The van der Waals surface area contributed by atoms with E-state index in [1.165, 1.54) is 16.5 Å². The van der Waals surface area contributed by atoms with Crippen molar-refractivity contribution < 1.29 is 9.53 Å². The molecule has 3 rings (SSSR count). The number of hydrogen-bond donors (Lipinski definition) is 1. The molecule has 1 aromatic carbocycles. The van der Waals surface area contributed by atoms with Crippen LogP contribution in [-0.2, 0) is 16.0 Å². The molecule has 0 bridgehead atoms. The number of morpholine rings is 1. The van der Waals surface area contributed by atoms with E-state index >= 15 is 0 Å². The van der Waals surface area contributed by atoms with Crippen molar-refractivity contribution in [3.8, 4) is 0 Å². The van der Waals surface area contributed by atoms with Crippen LogP contribution in [0.15, 0.2) is 30.5 Å². The number of aromatic amines is 1. The number of carbonyl (C=O) groups excluding carboxylic acids is 1. The van der Waals surface area contributed by atoms with Crippen LogP contribution >= 0.6 is 0 Å². The van der Waals surface area contributed by atoms with Gasteiger partial charge in [0, 0.05) is 30.1 Å². The van der Waals surface area contributed by atoms with E-state index in [9.17, 15) is 4.79 Å². The Hall–Kier alpha value is -1.81. The highest BCUT2D eigenvalue weighted by Crippen LogP contribution is 2.20. The molecule has 0 aliphatic carbocycles. The van der Waals surface area contributed by atoms with Crippen molar-refractivity contribution >= 4 is 16.8 Å². The summed E-state index contributed by atoms with van der Waals surface area (Å²) in [6, 6.07) is 8.50. The summed E-state index contributed by atoms with van der Waals surface area (Å²) in [5.41, 5.74) is 2.46. The highest BCUT2D eigenvalue weighted by molar-refractivity contribution is 5.83. The van der Waals surface area contributed by atoms with Crippen LogP contribution in [0.1, 0.15) is 32.3 Å². The molecule has 0 radical (unpaired) electrons. The number of para-hydroxylation sites is 1. The van der Waals surface area contributed by atoms with Crippen molar-refractivity contribution in [3.63, 3.8) is 0 Å². The minimum Gasteiger partial charge on any atom is -0.375 e. The van der Waals surface area contributed by atoms with E-state index < -0.39 is 0 Å². The van der Waals surface area contributed by atoms with Crippen molar-refractivity contribution in [1.82, 2.24) is 9.88 Å². The molecule has 1 N–H and O–H groups in total. The minimum atomic E-state index is 0.147. The second kappa shape index (κ2) is 6.53. The first-order chi connectivity index (χ1) is 10.6. The van der Waals surface area contributed by atoms with Crippen LogP contribution in [0.25, 0.3) is 10.9 Å². The second-order valence-electron chi connectivity index (χ2n) is 6.25. The van der Waals surface area contributed by atoms with E-state index in [-0.39, 0.29) is 18.1 Å². The lowest BCUT2D eigenvalue weighted by Crippen LogP contribution is -2.50. The van der Waals surface area contributed by atoms with Gasteiger partial charge < -0.3 is 14.6 Å². The molecule has 2 atom stereocenters. The van der Waals surface area contributed by atoms with Gasteiger partial charge in [0.2, 0.25) is 5.91 Å². The predicted octanol–water partition coefficient (Wildman–Crippen LogP) is 3.13. The maximum Gasteiger partial charge on any atom is 0.222 e. The van der Waals surface area contributed by atoms with Gasteiger partial charge in [-0.05, 0) is 38.3 Å². The first-order valence-corrected chi connectivity index (χ1v) is 8.11. The average molecular weight is 300 g/mol. The summed E-state index contributed by atoms with van der Waals surface area (Å²) in [5.74, 6) is 0.252. The van der Waals surface area contributed by atoms with Crippen LogP contribution in [0.2, 0.25) is 0 Å². The fourth-order valence-electron chi connectivity index (χ4n) is 3.16. The molecule has 4 nitrogen and oxygen atoms in total. The van der Waals surface area contributed by atoms with Gasteiger partial charge in [-0.2, -0.15) is 0 Å². The normalized spacial score (nSPS) is 22.2. The molecule has 4 heteroatoms. The lowest BCUT2D eigenvalue weighted by atomic mass is 10.1. The Labute approximate surface area is 131 Å². The summed E-state index contributed by atoms with van der Waals surface area (Å²) in [7, 11) is 0. The summed E-state index contributed by atoms with van der Waals surface area (Å²) < 4.78 is 5.58. The van der Waals surface area contributed by atoms with Gasteiger partial charge in [-0.25, -0.2) is 0 Å². The van der Waals surface area contributed by atoms with Crippen LogP contribution in [0.4, 0.5) is 0 Å². The first kappa shape index (κ1) is 15.1. The van der Waals surface area contributed by atoms with Crippen LogP contribution < -0.4 is 0 Å². The van der Waals surface area contributed by atoms with Gasteiger partial charge in [-0.3, -0.25) is 4.79 Å². The standard InChI is InChI=1S/C18H24N2O2/c1-13-12-22-14(2)11-20(13)18(21)9-5-6-15-10-19-17-8-4-3-7-16(15)17/h3-4,7-8,10,13-14,19H,5-6,9,11-12H2,1-2H3. The molecule has 118 valence electrons. The molecule has 1 fully saturated rings. The third-order valence-electron chi connectivity index (χ3n) is 4.44. The lowest BCUT2D eigenvalue weighted by molar-refractivity contribution is -0.143. The number of amides is 1. The van der Waals surface area contributed by atoms with E-state index in [0.29, 0.717) is 19.6 Å². The van der Waals surface area contributed by atoms with E-state index in [0.717, 1.165) is 12.8 Å². The highest BCUT2D eigenvalue weighted by Gasteiger charge is 2.26. The summed E-state index contributed by atoms with van der Waals surface area (Å²) in [6.45, 7) is 5.45. The summed E-state index contributed by atoms with van der Waals surface area (Å²) in [4.78, 5) is 17.7. The maximum absolute atomic E-state index is 12.4. The molecule has 22 heavy (non-hydrogen) atoms. The number of fused-ring (bicyclic) bond motifs is 1. The topological polar surface area (TPSA) is 45.3 Å². The Morgan fingerprint density at radius 2 is 2.18 bits per heavy atom. The highest BCUT2D eigenvalue weighted by atomic mass is 16.5. The smallest absolute Gasteiger partial charge is 0.222 e. The molecule has 0 spiro atoms. The number of aromatic nitrogens is 1. The van der Waals surface area contributed by atoms with Gasteiger partial charge >= 0.3 is 0 Å². The number of nitrogens with zero attached hydrogens (tertiary/aromatic N) is 1. The molecule has 1 aliphatic heterocycles. The van der Waals surface area contributed by atoms with Gasteiger partial charge in [0.15, 0.2) is 0 Å². The van der Waals surface area contributed by atoms with Crippen LogP contribution in [-0.4, -0.2) is 41.1 Å². The quantitative estimate of drug-likeness (QED) is 0.943. The Balaban J connectivity index is 1.55. The van der Waals surface area contributed by atoms with E-state index in [1.54, 1.807) is 0 Å². The zero-order valence-corrected chi connectivity index (χ0v) is 13.3. The zero-order valence-electron chi connectivity index (χ0n) is 13.3. The number of rotatable bonds is 4. The number of ether oxygens (including phenoxy) is 1. The Kier molecular flexibility index (Phi) is 4.48. The Bertz CT molecular complexity index is 649. The molecule has 1 amide bonds. The molecule has 2 unspecified atom stereocenters. The van der Waals surface area contributed by atoms with Crippen molar-refractivity contribution in [3.05, 3.63) is 36.0 Å². The number of nitrogens with one attached hydrogen (secondary N) is 1. The SMILES string of the molecule is CC1CN(C(=O)CCCc2c[nH]c3ccccc23)C(C)CO1. The molecule has 1 aromatic heterocycles. The molecular formula is C18H24N2O2. The molecule has 1 aliphatic rings. The summed E-state index contributed by atoms with van der Waals surface area (Å²) >= 11 is 0. The van der Waals surface area contributed by atoms with Crippen LogP contribution in [0, 0.1) is 0 Å². The number of hydrogen-bond acceptors (Lipinski definition) is 2. The molecular weight excluding hydrogens is 276 g/mol. The Morgan fingerprint density at radius 3 is 3.05 bits per heavy atom. The fraction of sp³-hybridized carbons (Fsp3) is 0.500. The van der Waals surface area contributed by atoms with Crippen molar-refractivity contribution in [2.45, 2.75) is 45.3 Å². The predicted molar refractivity (Wildman–Crippen MR) is 87.8 cm³/mol. The molecule has 2 heterocycles. The maximum atomic E-state index is 12.4. The van der Waals surface area contributed by atoms with Gasteiger partial charge in [0.25, 0.3) is 0 Å². The summed E-state index contributed by atoms with van der Waals surface area (Å²) in [6.07, 6.45) is 4.64. The number of H-pyrrole nitrogens is 1. The number of aryl methyl sites for hydroxylation is 1. The third kappa shape index (κ3) is 3.17. The largest absolute Gasteiger partial charge is 0.375 e. The number of carbonyl (C=O) groups is 1.